The van der Waals surface area contributed by atoms with Crippen LogP contribution < -0.4 is 0 Å². The zero-order chi connectivity index (χ0) is 15.5. The number of hydrogen-bond donors (Lipinski definition) is 0. The van der Waals surface area contributed by atoms with Gasteiger partial charge < -0.3 is 9.64 Å². The van der Waals surface area contributed by atoms with E-state index in [1.807, 2.05) is 20.0 Å². The monoisotopic (exact) mass is 305 g/mol. The standard InChI is InChI=1S/C17H27N3O2/c1-13-10-16(19(2)18-13)17(21)20(11-14-8-9-22-12-14)15-6-4-3-5-7-15/h10,14-15H,3-9,11-12H2,1-2H3/t14-/m0/s1. The van der Waals surface area contributed by atoms with E-state index in [0.717, 1.165) is 44.7 Å². The van der Waals surface area contributed by atoms with E-state index in [4.69, 9.17) is 4.74 Å². The Bertz CT molecular complexity index is 514. The molecule has 2 aliphatic rings. The zero-order valence-electron chi connectivity index (χ0n) is 13.8. The minimum Gasteiger partial charge on any atom is -0.381 e. The summed E-state index contributed by atoms with van der Waals surface area (Å²) in [6.45, 7) is 4.39. The van der Waals surface area contributed by atoms with E-state index in [1.54, 1.807) is 4.68 Å². The molecule has 0 radical (unpaired) electrons. The quantitative estimate of drug-likeness (QED) is 0.859. The van der Waals surface area contributed by atoms with Crippen LogP contribution in [0.25, 0.3) is 0 Å². The Morgan fingerprint density at radius 1 is 1.36 bits per heavy atom. The average molecular weight is 305 g/mol. The number of carbonyl (C=O) groups is 1. The minimum atomic E-state index is 0.141. The lowest BCUT2D eigenvalue weighted by Crippen LogP contribution is -2.45. The van der Waals surface area contributed by atoms with Crippen molar-refractivity contribution in [2.75, 3.05) is 19.8 Å². The normalized spacial score (nSPS) is 22.9. The van der Waals surface area contributed by atoms with Crippen molar-refractivity contribution < 1.29 is 9.53 Å². The number of hydrogen-bond acceptors (Lipinski definition) is 3. The highest BCUT2D eigenvalue weighted by atomic mass is 16.5. The molecule has 1 aliphatic heterocycles. The summed E-state index contributed by atoms with van der Waals surface area (Å²) in [6.07, 6.45) is 7.11. The molecule has 0 N–H and O–H groups in total. The number of aromatic nitrogens is 2. The first-order chi connectivity index (χ1) is 10.6. The fourth-order valence-electron chi connectivity index (χ4n) is 3.75. The third-order valence-corrected chi connectivity index (χ3v) is 4.98. The van der Waals surface area contributed by atoms with Crippen LogP contribution in [0.15, 0.2) is 6.07 Å². The Morgan fingerprint density at radius 3 is 2.73 bits per heavy atom. The molecule has 1 atom stereocenters. The van der Waals surface area contributed by atoms with E-state index in [2.05, 4.69) is 10.00 Å². The maximum absolute atomic E-state index is 13.1. The lowest BCUT2D eigenvalue weighted by molar-refractivity contribution is 0.0571. The topological polar surface area (TPSA) is 47.4 Å². The van der Waals surface area contributed by atoms with Gasteiger partial charge in [-0.15, -0.1) is 0 Å². The van der Waals surface area contributed by atoms with Gasteiger partial charge in [0.15, 0.2) is 0 Å². The molecule has 22 heavy (non-hydrogen) atoms. The molecule has 1 saturated heterocycles. The summed E-state index contributed by atoms with van der Waals surface area (Å²) in [5.74, 6) is 0.627. The van der Waals surface area contributed by atoms with Gasteiger partial charge in [-0.1, -0.05) is 19.3 Å². The van der Waals surface area contributed by atoms with Crippen LogP contribution in [-0.4, -0.2) is 46.4 Å². The molecule has 1 aromatic rings. The van der Waals surface area contributed by atoms with Gasteiger partial charge >= 0.3 is 0 Å². The van der Waals surface area contributed by atoms with Gasteiger partial charge in [-0.2, -0.15) is 5.10 Å². The first kappa shape index (κ1) is 15.5. The zero-order valence-corrected chi connectivity index (χ0v) is 13.8. The fraction of sp³-hybridized carbons (Fsp3) is 0.765. The molecule has 2 heterocycles. The first-order valence-corrected chi connectivity index (χ1v) is 8.54. The van der Waals surface area contributed by atoms with Crippen LogP contribution in [0.4, 0.5) is 0 Å². The molecular formula is C17H27N3O2. The molecule has 0 aromatic carbocycles. The second-order valence-corrected chi connectivity index (χ2v) is 6.77. The molecule has 1 aromatic heterocycles. The molecule has 1 aliphatic carbocycles. The number of ether oxygens (including phenoxy) is 1. The van der Waals surface area contributed by atoms with Gasteiger partial charge in [0.1, 0.15) is 5.69 Å². The van der Waals surface area contributed by atoms with E-state index in [0.29, 0.717) is 17.7 Å². The lowest BCUT2D eigenvalue weighted by Gasteiger charge is -2.35. The molecule has 0 spiro atoms. The van der Waals surface area contributed by atoms with E-state index < -0.39 is 0 Å². The van der Waals surface area contributed by atoms with Crippen molar-refractivity contribution in [1.82, 2.24) is 14.7 Å². The van der Waals surface area contributed by atoms with Gasteiger partial charge in [-0.05, 0) is 32.3 Å². The highest BCUT2D eigenvalue weighted by Gasteiger charge is 2.31. The Kier molecular flexibility index (Phi) is 4.81. The SMILES string of the molecule is Cc1cc(C(=O)N(C[C@@H]2CCOC2)C2CCCCC2)n(C)n1. The molecule has 1 amide bonds. The maximum Gasteiger partial charge on any atom is 0.272 e. The van der Waals surface area contributed by atoms with Crippen LogP contribution in [0.3, 0.4) is 0 Å². The van der Waals surface area contributed by atoms with Crippen molar-refractivity contribution in [1.29, 1.82) is 0 Å². The highest BCUT2D eigenvalue weighted by molar-refractivity contribution is 5.93. The molecule has 0 unspecified atom stereocenters. The van der Waals surface area contributed by atoms with Crippen molar-refractivity contribution in [2.45, 2.75) is 51.5 Å². The molecule has 5 nitrogen and oxygen atoms in total. The van der Waals surface area contributed by atoms with E-state index in [-0.39, 0.29) is 5.91 Å². The summed E-state index contributed by atoms with van der Waals surface area (Å²) in [5, 5.41) is 4.34. The van der Waals surface area contributed by atoms with Gasteiger partial charge in [-0.3, -0.25) is 9.48 Å². The summed E-state index contributed by atoms with van der Waals surface area (Å²) in [6, 6.07) is 2.29. The first-order valence-electron chi connectivity index (χ1n) is 8.54. The van der Waals surface area contributed by atoms with E-state index >= 15 is 0 Å². The lowest BCUT2D eigenvalue weighted by atomic mass is 9.93. The van der Waals surface area contributed by atoms with Crippen LogP contribution in [0.5, 0.6) is 0 Å². The van der Waals surface area contributed by atoms with Gasteiger partial charge in [0.05, 0.1) is 12.3 Å². The number of rotatable bonds is 4. The molecule has 122 valence electrons. The van der Waals surface area contributed by atoms with Crippen LogP contribution >= 0.6 is 0 Å². The smallest absolute Gasteiger partial charge is 0.272 e. The Morgan fingerprint density at radius 2 is 2.14 bits per heavy atom. The molecular weight excluding hydrogens is 278 g/mol. The molecule has 0 bridgehead atoms. The minimum absolute atomic E-state index is 0.141. The third kappa shape index (κ3) is 3.35. The summed E-state index contributed by atoms with van der Waals surface area (Å²) < 4.78 is 7.22. The van der Waals surface area contributed by atoms with E-state index in [1.165, 1.54) is 19.3 Å². The number of carbonyl (C=O) groups excluding carboxylic acids is 1. The second-order valence-electron chi connectivity index (χ2n) is 6.77. The molecule has 5 heteroatoms. The highest BCUT2D eigenvalue weighted by Crippen LogP contribution is 2.26. The number of aryl methyl sites for hydroxylation is 2. The number of amides is 1. The van der Waals surface area contributed by atoms with Crippen LogP contribution in [-0.2, 0) is 11.8 Å². The van der Waals surface area contributed by atoms with Gasteiger partial charge in [-0.25, -0.2) is 0 Å². The van der Waals surface area contributed by atoms with Gasteiger partial charge in [0.25, 0.3) is 5.91 Å². The summed E-state index contributed by atoms with van der Waals surface area (Å²) in [4.78, 5) is 15.2. The van der Waals surface area contributed by atoms with Crippen molar-refractivity contribution in [3.8, 4) is 0 Å². The largest absolute Gasteiger partial charge is 0.381 e. The predicted molar refractivity (Wildman–Crippen MR) is 84.8 cm³/mol. The summed E-state index contributed by atoms with van der Waals surface area (Å²) in [7, 11) is 1.86. The van der Waals surface area contributed by atoms with Crippen LogP contribution in [0.1, 0.15) is 54.7 Å². The average Bonchev–Trinajstić information content (AvgIpc) is 3.14. The van der Waals surface area contributed by atoms with Crippen molar-refractivity contribution in [3.63, 3.8) is 0 Å². The van der Waals surface area contributed by atoms with Crippen LogP contribution in [0.2, 0.25) is 0 Å². The maximum atomic E-state index is 13.1. The summed E-state index contributed by atoms with van der Waals surface area (Å²) in [5.41, 5.74) is 1.61. The van der Waals surface area contributed by atoms with Crippen molar-refractivity contribution in [3.05, 3.63) is 17.5 Å². The van der Waals surface area contributed by atoms with Gasteiger partial charge in [0.2, 0.25) is 0 Å². The Labute approximate surface area is 132 Å². The molecule has 3 rings (SSSR count). The van der Waals surface area contributed by atoms with E-state index in [9.17, 15) is 4.79 Å². The fourth-order valence-corrected chi connectivity index (χ4v) is 3.75. The Balaban J connectivity index is 1.79. The third-order valence-electron chi connectivity index (χ3n) is 4.98. The summed E-state index contributed by atoms with van der Waals surface area (Å²) >= 11 is 0. The second kappa shape index (κ2) is 6.82. The predicted octanol–water partition coefficient (Wildman–Crippen LogP) is 2.54. The molecule has 1 saturated carbocycles. The Hall–Kier alpha value is -1.36. The van der Waals surface area contributed by atoms with Gasteiger partial charge in [0, 0.05) is 32.2 Å². The van der Waals surface area contributed by atoms with Crippen molar-refractivity contribution >= 4 is 5.91 Å². The van der Waals surface area contributed by atoms with Crippen molar-refractivity contribution in [2.24, 2.45) is 13.0 Å². The number of nitrogens with zero attached hydrogens (tertiary/aromatic N) is 3. The van der Waals surface area contributed by atoms with Crippen LogP contribution in [0, 0.1) is 12.8 Å². The molecule has 2 fully saturated rings.